The molecule has 20 heavy (non-hydrogen) atoms. The van der Waals surface area contributed by atoms with Crippen LogP contribution in [0.15, 0.2) is 22.7 Å². The Labute approximate surface area is 132 Å². The van der Waals surface area contributed by atoms with E-state index in [4.69, 9.17) is 4.74 Å². The quantitative estimate of drug-likeness (QED) is 0.717. The SMILES string of the molecule is CCCOc1ccc(Br)cc1CNCC(C)(C)C(C)C. The van der Waals surface area contributed by atoms with Crippen LogP contribution in [0.3, 0.4) is 0 Å². The summed E-state index contributed by atoms with van der Waals surface area (Å²) < 4.78 is 6.91. The summed E-state index contributed by atoms with van der Waals surface area (Å²) in [4.78, 5) is 0. The second kappa shape index (κ2) is 8.04. The summed E-state index contributed by atoms with van der Waals surface area (Å²) in [5, 5.41) is 3.57. The Morgan fingerprint density at radius 2 is 2.00 bits per heavy atom. The summed E-state index contributed by atoms with van der Waals surface area (Å²) in [6, 6.07) is 6.22. The highest BCUT2D eigenvalue weighted by atomic mass is 79.9. The molecule has 0 aliphatic heterocycles. The Balaban J connectivity index is 2.64. The van der Waals surface area contributed by atoms with Crippen molar-refractivity contribution in [2.24, 2.45) is 11.3 Å². The van der Waals surface area contributed by atoms with Gasteiger partial charge in [0.15, 0.2) is 0 Å². The largest absolute Gasteiger partial charge is 0.493 e. The number of ether oxygens (including phenoxy) is 1. The molecule has 114 valence electrons. The maximum Gasteiger partial charge on any atom is 0.123 e. The van der Waals surface area contributed by atoms with Gasteiger partial charge in [-0.3, -0.25) is 0 Å². The molecule has 0 aliphatic carbocycles. The van der Waals surface area contributed by atoms with E-state index in [2.05, 4.69) is 61.9 Å². The van der Waals surface area contributed by atoms with Gasteiger partial charge in [0.2, 0.25) is 0 Å². The van der Waals surface area contributed by atoms with Crippen molar-refractivity contribution < 1.29 is 4.74 Å². The standard InChI is InChI=1S/C17H28BrNO/c1-6-9-20-16-8-7-15(18)10-14(16)11-19-12-17(4,5)13(2)3/h7-8,10,13,19H,6,9,11-12H2,1-5H3. The van der Waals surface area contributed by atoms with Gasteiger partial charge in [-0.2, -0.15) is 0 Å². The predicted octanol–water partition coefficient (Wildman–Crippen LogP) is 5.01. The molecule has 1 aromatic rings. The van der Waals surface area contributed by atoms with Crippen LogP contribution in [0.25, 0.3) is 0 Å². The molecule has 0 heterocycles. The van der Waals surface area contributed by atoms with E-state index in [1.54, 1.807) is 0 Å². The summed E-state index contributed by atoms with van der Waals surface area (Å²) in [7, 11) is 0. The smallest absolute Gasteiger partial charge is 0.123 e. The van der Waals surface area contributed by atoms with Crippen molar-refractivity contribution >= 4 is 15.9 Å². The zero-order valence-corrected chi connectivity index (χ0v) is 15.0. The van der Waals surface area contributed by atoms with Crippen molar-refractivity contribution in [1.29, 1.82) is 0 Å². The van der Waals surface area contributed by atoms with Crippen molar-refractivity contribution in [3.63, 3.8) is 0 Å². The average molecular weight is 342 g/mol. The fourth-order valence-electron chi connectivity index (χ4n) is 1.76. The molecule has 1 aromatic carbocycles. The molecule has 0 unspecified atom stereocenters. The molecule has 0 spiro atoms. The van der Waals surface area contributed by atoms with Crippen molar-refractivity contribution in [2.75, 3.05) is 13.2 Å². The van der Waals surface area contributed by atoms with Crippen LogP contribution >= 0.6 is 15.9 Å². The third kappa shape index (κ3) is 5.45. The first-order valence-corrected chi connectivity index (χ1v) is 8.28. The molecule has 3 heteroatoms. The molecule has 0 saturated heterocycles. The van der Waals surface area contributed by atoms with Crippen molar-refractivity contribution in [2.45, 2.75) is 47.6 Å². The average Bonchev–Trinajstić information content (AvgIpc) is 2.37. The van der Waals surface area contributed by atoms with Gasteiger partial charge in [-0.25, -0.2) is 0 Å². The molecule has 0 saturated carbocycles. The highest BCUT2D eigenvalue weighted by Gasteiger charge is 2.21. The Bertz CT molecular complexity index is 415. The number of benzene rings is 1. The van der Waals surface area contributed by atoms with Gasteiger partial charge >= 0.3 is 0 Å². The van der Waals surface area contributed by atoms with Crippen LogP contribution in [0, 0.1) is 11.3 Å². The molecule has 1 N–H and O–H groups in total. The molecule has 0 fully saturated rings. The number of rotatable bonds is 8. The van der Waals surface area contributed by atoms with E-state index in [-0.39, 0.29) is 0 Å². The lowest BCUT2D eigenvalue weighted by Crippen LogP contribution is -2.33. The van der Waals surface area contributed by atoms with E-state index >= 15 is 0 Å². The third-order valence-corrected chi connectivity index (χ3v) is 4.44. The van der Waals surface area contributed by atoms with E-state index < -0.39 is 0 Å². The number of halogens is 1. The van der Waals surface area contributed by atoms with E-state index in [1.807, 2.05) is 12.1 Å². The summed E-state index contributed by atoms with van der Waals surface area (Å²) in [6.07, 6.45) is 1.03. The maximum absolute atomic E-state index is 5.81. The molecule has 0 aromatic heterocycles. The minimum Gasteiger partial charge on any atom is -0.493 e. The van der Waals surface area contributed by atoms with Crippen molar-refractivity contribution in [1.82, 2.24) is 5.32 Å². The van der Waals surface area contributed by atoms with Crippen LogP contribution in [0.5, 0.6) is 5.75 Å². The molecular weight excluding hydrogens is 314 g/mol. The first-order chi connectivity index (χ1) is 9.36. The zero-order valence-electron chi connectivity index (χ0n) is 13.4. The van der Waals surface area contributed by atoms with E-state index in [0.29, 0.717) is 11.3 Å². The zero-order chi connectivity index (χ0) is 15.2. The van der Waals surface area contributed by atoms with Crippen LogP contribution in [-0.2, 0) is 6.54 Å². The Morgan fingerprint density at radius 3 is 2.60 bits per heavy atom. The molecule has 0 amide bonds. The summed E-state index contributed by atoms with van der Waals surface area (Å²) in [6.45, 7) is 13.9. The molecule has 2 nitrogen and oxygen atoms in total. The van der Waals surface area contributed by atoms with Gasteiger partial charge < -0.3 is 10.1 Å². The van der Waals surface area contributed by atoms with Crippen LogP contribution in [0.1, 0.15) is 46.6 Å². The monoisotopic (exact) mass is 341 g/mol. The normalized spacial score (nSPS) is 11.9. The minimum atomic E-state index is 0.302. The summed E-state index contributed by atoms with van der Waals surface area (Å²) >= 11 is 3.54. The summed E-state index contributed by atoms with van der Waals surface area (Å²) in [5.41, 5.74) is 1.52. The number of nitrogens with one attached hydrogen (secondary N) is 1. The molecule has 0 bridgehead atoms. The van der Waals surface area contributed by atoms with Crippen molar-refractivity contribution in [3.8, 4) is 5.75 Å². The van der Waals surface area contributed by atoms with E-state index in [9.17, 15) is 0 Å². The van der Waals surface area contributed by atoms with Crippen LogP contribution in [0.2, 0.25) is 0 Å². The van der Waals surface area contributed by atoms with E-state index in [1.165, 1.54) is 5.56 Å². The fourth-order valence-corrected chi connectivity index (χ4v) is 2.17. The molecule has 0 radical (unpaired) electrons. The van der Waals surface area contributed by atoms with E-state index in [0.717, 1.165) is 36.3 Å². The van der Waals surface area contributed by atoms with Crippen LogP contribution < -0.4 is 10.1 Å². The summed E-state index contributed by atoms with van der Waals surface area (Å²) in [5.74, 6) is 1.65. The lowest BCUT2D eigenvalue weighted by atomic mass is 9.81. The highest BCUT2D eigenvalue weighted by molar-refractivity contribution is 9.10. The number of hydrogen-bond acceptors (Lipinski definition) is 2. The first kappa shape index (κ1) is 17.5. The second-order valence-electron chi connectivity index (χ2n) is 6.35. The highest BCUT2D eigenvalue weighted by Crippen LogP contribution is 2.26. The van der Waals surface area contributed by atoms with Gasteiger partial charge in [0, 0.05) is 23.1 Å². The van der Waals surface area contributed by atoms with Gasteiger partial charge in [0.25, 0.3) is 0 Å². The van der Waals surface area contributed by atoms with Gasteiger partial charge in [-0.05, 0) is 36.0 Å². The maximum atomic E-state index is 5.81. The fraction of sp³-hybridized carbons (Fsp3) is 0.647. The molecular formula is C17H28BrNO. The van der Waals surface area contributed by atoms with Gasteiger partial charge in [0.1, 0.15) is 5.75 Å². The Kier molecular flexibility index (Phi) is 7.04. The van der Waals surface area contributed by atoms with Crippen LogP contribution in [0.4, 0.5) is 0 Å². The minimum absolute atomic E-state index is 0.302. The lowest BCUT2D eigenvalue weighted by Gasteiger charge is -2.29. The Morgan fingerprint density at radius 1 is 1.30 bits per heavy atom. The first-order valence-electron chi connectivity index (χ1n) is 7.48. The number of hydrogen-bond donors (Lipinski definition) is 1. The van der Waals surface area contributed by atoms with Crippen molar-refractivity contribution in [3.05, 3.63) is 28.2 Å². The van der Waals surface area contributed by atoms with Gasteiger partial charge in [0.05, 0.1) is 6.61 Å². The topological polar surface area (TPSA) is 21.3 Å². The molecule has 0 atom stereocenters. The molecule has 1 rings (SSSR count). The molecule has 0 aliphatic rings. The second-order valence-corrected chi connectivity index (χ2v) is 7.26. The predicted molar refractivity (Wildman–Crippen MR) is 90.3 cm³/mol. The van der Waals surface area contributed by atoms with Gasteiger partial charge in [-0.15, -0.1) is 0 Å². The van der Waals surface area contributed by atoms with Gasteiger partial charge in [-0.1, -0.05) is 50.5 Å². The lowest BCUT2D eigenvalue weighted by molar-refractivity contribution is 0.237. The van der Waals surface area contributed by atoms with Crippen LogP contribution in [-0.4, -0.2) is 13.2 Å². The third-order valence-electron chi connectivity index (χ3n) is 3.94. The Hall–Kier alpha value is -0.540.